The van der Waals surface area contributed by atoms with E-state index in [9.17, 15) is 14.4 Å². The van der Waals surface area contributed by atoms with Crippen molar-refractivity contribution < 1.29 is 14.4 Å². The zero-order chi connectivity index (χ0) is 16.3. The molecule has 2 N–H and O–H groups in total. The van der Waals surface area contributed by atoms with E-state index in [-0.39, 0.29) is 23.7 Å². The van der Waals surface area contributed by atoms with Gasteiger partial charge in [0.25, 0.3) is 5.91 Å². The van der Waals surface area contributed by atoms with Crippen LogP contribution in [0.15, 0.2) is 0 Å². The monoisotopic (exact) mass is 309 g/mol. The molecular formula is C16H27N3O3. The van der Waals surface area contributed by atoms with Crippen molar-refractivity contribution in [3.63, 3.8) is 0 Å². The van der Waals surface area contributed by atoms with Gasteiger partial charge in [-0.3, -0.25) is 14.9 Å². The van der Waals surface area contributed by atoms with Crippen LogP contribution < -0.4 is 10.6 Å². The molecule has 0 spiro atoms. The summed E-state index contributed by atoms with van der Waals surface area (Å²) in [5.74, 6) is -0.294. The summed E-state index contributed by atoms with van der Waals surface area (Å²) in [6, 6.07) is -0.435. The largest absolute Gasteiger partial charge is 0.342 e. The molecule has 0 aromatic heterocycles. The molecule has 124 valence electrons. The minimum Gasteiger partial charge on any atom is -0.342 e. The summed E-state index contributed by atoms with van der Waals surface area (Å²) in [4.78, 5) is 38.3. The lowest BCUT2D eigenvalue weighted by Gasteiger charge is -2.31. The summed E-state index contributed by atoms with van der Waals surface area (Å²) in [6.45, 7) is 7.45. The van der Waals surface area contributed by atoms with E-state index in [1.165, 1.54) is 0 Å². The Hall–Kier alpha value is -1.59. The van der Waals surface area contributed by atoms with E-state index >= 15 is 0 Å². The van der Waals surface area contributed by atoms with Crippen LogP contribution in [0.4, 0.5) is 4.79 Å². The highest BCUT2D eigenvalue weighted by Gasteiger charge is 2.56. The second-order valence-electron chi connectivity index (χ2n) is 6.58. The van der Waals surface area contributed by atoms with E-state index in [1.807, 2.05) is 11.8 Å². The van der Waals surface area contributed by atoms with Gasteiger partial charge in [0, 0.05) is 19.0 Å². The van der Waals surface area contributed by atoms with Gasteiger partial charge in [0.05, 0.1) is 0 Å². The highest BCUT2D eigenvalue weighted by Crippen LogP contribution is 2.44. The van der Waals surface area contributed by atoms with Crippen LogP contribution in [0.2, 0.25) is 0 Å². The third kappa shape index (κ3) is 3.25. The van der Waals surface area contributed by atoms with Crippen molar-refractivity contribution in [3.8, 4) is 0 Å². The minimum absolute atomic E-state index is 0.0812. The summed E-state index contributed by atoms with van der Waals surface area (Å²) in [7, 11) is 0. The Morgan fingerprint density at radius 1 is 1.27 bits per heavy atom. The molecule has 2 aliphatic rings. The Balaban J connectivity index is 2.08. The van der Waals surface area contributed by atoms with Gasteiger partial charge in [0.15, 0.2) is 0 Å². The fraction of sp³-hybridized carbons (Fsp3) is 0.812. The lowest BCUT2D eigenvalue weighted by atomic mass is 9.83. The lowest BCUT2D eigenvalue weighted by molar-refractivity contribution is -0.136. The maximum atomic E-state index is 12.7. The molecule has 0 aromatic carbocycles. The number of urea groups is 1. The lowest BCUT2D eigenvalue weighted by Crippen LogP contribution is -2.52. The van der Waals surface area contributed by atoms with Crippen molar-refractivity contribution in [3.05, 3.63) is 0 Å². The van der Waals surface area contributed by atoms with Gasteiger partial charge in [-0.15, -0.1) is 0 Å². The summed E-state index contributed by atoms with van der Waals surface area (Å²) in [6.07, 6.45) is 4.09. The standard InChI is InChI=1S/C16H27N3O3/c1-4-8-19(9-5-2)13(20)11(3)10-16(12-6-7-12)14(21)17-15(22)18-16/h11-12H,4-10H2,1-3H3,(H2,17,18,21,22). The van der Waals surface area contributed by atoms with Gasteiger partial charge < -0.3 is 10.2 Å². The SMILES string of the molecule is CCCN(CCC)C(=O)C(C)CC1(C2CC2)NC(=O)NC1=O. The molecule has 1 aliphatic heterocycles. The number of imide groups is 1. The van der Waals surface area contributed by atoms with Gasteiger partial charge >= 0.3 is 6.03 Å². The van der Waals surface area contributed by atoms with E-state index in [2.05, 4.69) is 24.5 Å². The summed E-state index contributed by atoms with van der Waals surface area (Å²) < 4.78 is 0. The Bertz CT molecular complexity index is 456. The quantitative estimate of drug-likeness (QED) is 0.669. The number of nitrogens with zero attached hydrogens (tertiary/aromatic N) is 1. The summed E-state index contributed by atoms with van der Waals surface area (Å²) in [5.41, 5.74) is -0.879. The Morgan fingerprint density at radius 3 is 2.27 bits per heavy atom. The molecule has 0 radical (unpaired) electrons. The molecule has 1 aliphatic carbocycles. The number of rotatable bonds is 8. The molecule has 0 bridgehead atoms. The average molecular weight is 309 g/mol. The van der Waals surface area contributed by atoms with E-state index in [0.717, 1.165) is 38.8 Å². The zero-order valence-electron chi connectivity index (χ0n) is 13.8. The maximum absolute atomic E-state index is 12.7. The van der Waals surface area contributed by atoms with Crippen molar-refractivity contribution in [2.75, 3.05) is 13.1 Å². The molecule has 22 heavy (non-hydrogen) atoms. The van der Waals surface area contributed by atoms with Crippen LogP contribution in [0, 0.1) is 11.8 Å². The van der Waals surface area contributed by atoms with Gasteiger partial charge in [-0.1, -0.05) is 20.8 Å². The van der Waals surface area contributed by atoms with Gasteiger partial charge in [0.2, 0.25) is 5.91 Å². The first-order valence-corrected chi connectivity index (χ1v) is 8.37. The first-order valence-electron chi connectivity index (χ1n) is 8.37. The summed E-state index contributed by atoms with van der Waals surface area (Å²) >= 11 is 0. The van der Waals surface area contributed by atoms with Crippen LogP contribution in [-0.2, 0) is 9.59 Å². The molecular weight excluding hydrogens is 282 g/mol. The molecule has 2 unspecified atom stereocenters. The second kappa shape index (κ2) is 6.67. The fourth-order valence-electron chi connectivity index (χ4n) is 3.43. The molecule has 6 heteroatoms. The number of carbonyl (C=O) groups excluding carboxylic acids is 3. The highest BCUT2D eigenvalue weighted by atomic mass is 16.2. The third-order valence-corrected chi connectivity index (χ3v) is 4.59. The summed E-state index contributed by atoms with van der Waals surface area (Å²) in [5, 5.41) is 5.14. The van der Waals surface area contributed by atoms with Crippen molar-refractivity contribution in [2.45, 2.75) is 58.4 Å². The molecule has 6 nitrogen and oxygen atoms in total. The predicted molar refractivity (Wildman–Crippen MR) is 83.1 cm³/mol. The molecule has 0 aromatic rings. The van der Waals surface area contributed by atoms with Gasteiger partial charge in [-0.05, 0) is 38.0 Å². The highest BCUT2D eigenvalue weighted by molar-refractivity contribution is 6.07. The number of amides is 4. The fourth-order valence-corrected chi connectivity index (χ4v) is 3.43. The van der Waals surface area contributed by atoms with Crippen LogP contribution in [0.1, 0.15) is 52.9 Å². The Kier molecular flexibility index (Phi) is 5.08. The van der Waals surface area contributed by atoms with Crippen LogP contribution in [0.3, 0.4) is 0 Å². The van der Waals surface area contributed by atoms with Crippen molar-refractivity contribution in [1.29, 1.82) is 0 Å². The molecule has 1 saturated heterocycles. The normalized spacial score (nSPS) is 25.6. The Labute approximate surface area is 132 Å². The topological polar surface area (TPSA) is 78.5 Å². The molecule has 4 amide bonds. The number of hydrogen-bond donors (Lipinski definition) is 2. The molecule has 1 heterocycles. The van der Waals surface area contributed by atoms with E-state index in [1.54, 1.807) is 0 Å². The van der Waals surface area contributed by atoms with Crippen LogP contribution in [-0.4, -0.2) is 41.4 Å². The molecule has 2 rings (SSSR count). The van der Waals surface area contributed by atoms with Gasteiger partial charge in [-0.25, -0.2) is 4.79 Å². The zero-order valence-corrected chi connectivity index (χ0v) is 13.8. The van der Waals surface area contributed by atoms with E-state index in [4.69, 9.17) is 0 Å². The van der Waals surface area contributed by atoms with Crippen molar-refractivity contribution in [1.82, 2.24) is 15.5 Å². The minimum atomic E-state index is -0.879. The van der Waals surface area contributed by atoms with Crippen molar-refractivity contribution in [2.24, 2.45) is 11.8 Å². The van der Waals surface area contributed by atoms with Crippen molar-refractivity contribution >= 4 is 17.8 Å². The first kappa shape index (κ1) is 16.8. The number of nitrogens with one attached hydrogen (secondary N) is 2. The molecule has 2 fully saturated rings. The molecule has 1 saturated carbocycles. The van der Waals surface area contributed by atoms with Crippen LogP contribution in [0.5, 0.6) is 0 Å². The van der Waals surface area contributed by atoms with E-state index in [0.29, 0.717) is 6.42 Å². The second-order valence-corrected chi connectivity index (χ2v) is 6.58. The predicted octanol–water partition coefficient (Wildman–Crippen LogP) is 1.65. The maximum Gasteiger partial charge on any atom is 0.322 e. The number of hydrogen-bond acceptors (Lipinski definition) is 3. The van der Waals surface area contributed by atoms with Crippen LogP contribution >= 0.6 is 0 Å². The Morgan fingerprint density at radius 2 is 1.86 bits per heavy atom. The molecule has 2 atom stereocenters. The average Bonchev–Trinajstić information content (AvgIpc) is 3.26. The van der Waals surface area contributed by atoms with Gasteiger partial charge in [0.1, 0.15) is 5.54 Å². The first-order chi connectivity index (χ1) is 10.4. The van der Waals surface area contributed by atoms with Crippen LogP contribution in [0.25, 0.3) is 0 Å². The third-order valence-electron chi connectivity index (χ3n) is 4.59. The van der Waals surface area contributed by atoms with Gasteiger partial charge in [-0.2, -0.15) is 0 Å². The smallest absolute Gasteiger partial charge is 0.322 e. The van der Waals surface area contributed by atoms with E-state index < -0.39 is 11.6 Å². The number of carbonyl (C=O) groups is 3.